The first-order chi connectivity index (χ1) is 6.06. The van der Waals surface area contributed by atoms with Crippen LogP contribution in [0.5, 0.6) is 5.75 Å². The fourth-order valence-corrected chi connectivity index (χ4v) is 1.41. The van der Waals surface area contributed by atoms with Crippen molar-refractivity contribution in [1.29, 1.82) is 0 Å². The summed E-state index contributed by atoms with van der Waals surface area (Å²) >= 11 is 3.19. The van der Waals surface area contributed by atoms with Gasteiger partial charge in [0.2, 0.25) is 5.43 Å². The monoisotopic (exact) mass is 245 g/mol. The van der Waals surface area contributed by atoms with Crippen LogP contribution in [0.15, 0.2) is 21.7 Å². The highest BCUT2D eigenvalue weighted by Gasteiger charge is 2.06. The van der Waals surface area contributed by atoms with Crippen LogP contribution < -0.4 is 10.2 Å². The van der Waals surface area contributed by atoms with E-state index in [4.69, 9.17) is 4.74 Å². The molecule has 1 rings (SSSR count). The summed E-state index contributed by atoms with van der Waals surface area (Å²) in [6, 6.07) is 0.311. The van der Waals surface area contributed by atoms with Gasteiger partial charge in [0.1, 0.15) is 0 Å². The van der Waals surface area contributed by atoms with Gasteiger partial charge < -0.3 is 9.30 Å². The molecule has 0 bridgehead atoms. The molecule has 0 atom stereocenters. The second-order valence-corrected chi connectivity index (χ2v) is 3.90. The minimum absolute atomic E-state index is 0.112. The minimum Gasteiger partial charge on any atom is -0.491 e. The summed E-state index contributed by atoms with van der Waals surface area (Å²) in [5.41, 5.74) is -0.112. The minimum atomic E-state index is -0.112. The molecule has 0 fully saturated rings. The summed E-state index contributed by atoms with van der Waals surface area (Å²) in [6.07, 6.45) is 3.47. The average molecular weight is 246 g/mol. The van der Waals surface area contributed by atoms with Crippen LogP contribution in [-0.4, -0.2) is 11.7 Å². The zero-order chi connectivity index (χ0) is 10.0. The van der Waals surface area contributed by atoms with Crippen LogP contribution in [0.4, 0.5) is 0 Å². The highest BCUT2D eigenvalue weighted by atomic mass is 79.9. The first kappa shape index (κ1) is 10.3. The fourth-order valence-electron chi connectivity index (χ4n) is 0.982. The van der Waals surface area contributed by atoms with E-state index in [0.29, 0.717) is 16.3 Å². The number of rotatable bonds is 2. The molecule has 0 aliphatic rings. The van der Waals surface area contributed by atoms with E-state index in [1.165, 1.54) is 7.11 Å². The Morgan fingerprint density at radius 3 is 2.54 bits per heavy atom. The Balaban J connectivity index is 3.30. The lowest BCUT2D eigenvalue weighted by Gasteiger charge is -2.12. The number of halogens is 1. The molecule has 0 saturated heterocycles. The molecule has 72 valence electrons. The van der Waals surface area contributed by atoms with Crippen molar-refractivity contribution in [3.8, 4) is 5.75 Å². The molecule has 0 radical (unpaired) electrons. The fraction of sp³-hybridized carbons (Fsp3) is 0.444. The summed E-state index contributed by atoms with van der Waals surface area (Å²) in [7, 11) is 1.49. The van der Waals surface area contributed by atoms with E-state index in [1.54, 1.807) is 12.4 Å². The third-order valence-electron chi connectivity index (χ3n) is 1.79. The maximum absolute atomic E-state index is 11.4. The van der Waals surface area contributed by atoms with Gasteiger partial charge >= 0.3 is 0 Å². The summed E-state index contributed by atoms with van der Waals surface area (Å²) in [4.78, 5) is 11.4. The molecular weight excluding hydrogens is 234 g/mol. The first-order valence-electron chi connectivity index (χ1n) is 4.01. The van der Waals surface area contributed by atoms with Gasteiger partial charge in [-0.2, -0.15) is 0 Å². The number of nitrogens with zero attached hydrogens (tertiary/aromatic N) is 1. The second-order valence-electron chi connectivity index (χ2n) is 3.04. The van der Waals surface area contributed by atoms with E-state index in [2.05, 4.69) is 15.9 Å². The van der Waals surface area contributed by atoms with Gasteiger partial charge in [-0.05, 0) is 29.8 Å². The second kappa shape index (κ2) is 3.96. The van der Waals surface area contributed by atoms with Crippen LogP contribution in [0.25, 0.3) is 0 Å². The Bertz CT molecular complexity index is 357. The topological polar surface area (TPSA) is 31.2 Å². The number of ether oxygens (including phenoxy) is 1. The SMILES string of the molecule is COc1cn(C(C)C)cc(Br)c1=O. The standard InChI is InChI=1S/C9H12BrNO2/c1-6(2)11-4-7(10)9(12)8(5-11)13-3/h4-6H,1-3H3. The van der Waals surface area contributed by atoms with E-state index in [0.717, 1.165) is 0 Å². The highest BCUT2D eigenvalue weighted by Crippen LogP contribution is 2.14. The molecular formula is C9H12BrNO2. The van der Waals surface area contributed by atoms with Crippen molar-refractivity contribution in [3.05, 3.63) is 27.1 Å². The molecule has 0 aromatic carbocycles. The number of aromatic nitrogens is 1. The average Bonchev–Trinajstić information content (AvgIpc) is 2.09. The molecule has 1 aromatic rings. The molecule has 3 nitrogen and oxygen atoms in total. The molecule has 0 unspecified atom stereocenters. The van der Waals surface area contributed by atoms with Gasteiger partial charge in [0, 0.05) is 12.2 Å². The maximum atomic E-state index is 11.4. The van der Waals surface area contributed by atoms with Crippen LogP contribution in [0.3, 0.4) is 0 Å². The first-order valence-corrected chi connectivity index (χ1v) is 4.81. The third kappa shape index (κ3) is 2.12. The molecule has 0 aliphatic heterocycles. The summed E-state index contributed by atoms with van der Waals surface area (Å²) < 4.78 is 7.40. The van der Waals surface area contributed by atoms with Crippen molar-refractivity contribution in [1.82, 2.24) is 4.57 Å². The van der Waals surface area contributed by atoms with Gasteiger partial charge in [0.15, 0.2) is 5.75 Å². The van der Waals surface area contributed by atoms with E-state index in [-0.39, 0.29) is 5.43 Å². The van der Waals surface area contributed by atoms with Gasteiger partial charge in [0.05, 0.1) is 17.8 Å². The van der Waals surface area contributed by atoms with Crippen molar-refractivity contribution in [3.63, 3.8) is 0 Å². The largest absolute Gasteiger partial charge is 0.491 e. The van der Waals surface area contributed by atoms with Gasteiger partial charge in [-0.3, -0.25) is 4.79 Å². The molecule has 0 spiro atoms. The van der Waals surface area contributed by atoms with Gasteiger partial charge in [-0.25, -0.2) is 0 Å². The van der Waals surface area contributed by atoms with E-state index >= 15 is 0 Å². The van der Waals surface area contributed by atoms with Crippen molar-refractivity contribution in [2.75, 3.05) is 7.11 Å². The predicted octanol–water partition coefficient (Wildman–Crippen LogP) is 2.20. The molecule has 0 N–H and O–H groups in total. The van der Waals surface area contributed by atoms with Gasteiger partial charge in [-0.1, -0.05) is 0 Å². The molecule has 13 heavy (non-hydrogen) atoms. The van der Waals surface area contributed by atoms with Crippen molar-refractivity contribution < 1.29 is 4.74 Å². The van der Waals surface area contributed by atoms with Gasteiger partial charge in [0.25, 0.3) is 0 Å². The van der Waals surface area contributed by atoms with Crippen LogP contribution in [0, 0.1) is 0 Å². The van der Waals surface area contributed by atoms with Crippen molar-refractivity contribution in [2.45, 2.75) is 19.9 Å². The number of pyridine rings is 1. The molecule has 1 heterocycles. The quantitative estimate of drug-likeness (QED) is 0.800. The Labute approximate surface area is 85.5 Å². The lowest BCUT2D eigenvalue weighted by Crippen LogP contribution is -2.12. The Hall–Kier alpha value is -0.770. The van der Waals surface area contributed by atoms with Crippen molar-refractivity contribution >= 4 is 15.9 Å². The predicted molar refractivity (Wildman–Crippen MR) is 55.3 cm³/mol. The number of methoxy groups -OCH3 is 1. The summed E-state index contributed by atoms with van der Waals surface area (Å²) in [5.74, 6) is 0.364. The molecule has 0 saturated carbocycles. The van der Waals surface area contributed by atoms with E-state index in [1.807, 2.05) is 18.4 Å². The number of hydrogen-bond donors (Lipinski definition) is 0. The van der Waals surface area contributed by atoms with Crippen LogP contribution in [0.2, 0.25) is 0 Å². The Morgan fingerprint density at radius 1 is 1.46 bits per heavy atom. The van der Waals surface area contributed by atoms with Crippen molar-refractivity contribution in [2.24, 2.45) is 0 Å². The number of hydrogen-bond acceptors (Lipinski definition) is 2. The van der Waals surface area contributed by atoms with Gasteiger partial charge in [-0.15, -0.1) is 0 Å². The third-order valence-corrected chi connectivity index (χ3v) is 2.35. The summed E-state index contributed by atoms with van der Waals surface area (Å²) in [6.45, 7) is 4.08. The molecule has 0 aliphatic carbocycles. The molecule has 1 aromatic heterocycles. The maximum Gasteiger partial charge on any atom is 0.237 e. The summed E-state index contributed by atoms with van der Waals surface area (Å²) in [5, 5.41) is 0. The highest BCUT2D eigenvalue weighted by molar-refractivity contribution is 9.10. The normalized spacial score (nSPS) is 10.5. The van der Waals surface area contributed by atoms with Crippen LogP contribution in [0.1, 0.15) is 19.9 Å². The van der Waals surface area contributed by atoms with Crippen LogP contribution in [-0.2, 0) is 0 Å². The molecule has 4 heteroatoms. The zero-order valence-electron chi connectivity index (χ0n) is 7.87. The lowest BCUT2D eigenvalue weighted by molar-refractivity contribution is 0.401. The van der Waals surface area contributed by atoms with E-state index in [9.17, 15) is 4.79 Å². The Kier molecular flexibility index (Phi) is 3.14. The molecule has 0 amide bonds. The Morgan fingerprint density at radius 2 is 2.08 bits per heavy atom. The van der Waals surface area contributed by atoms with Crippen LogP contribution >= 0.6 is 15.9 Å². The smallest absolute Gasteiger partial charge is 0.237 e. The lowest BCUT2D eigenvalue weighted by atomic mass is 10.3. The zero-order valence-corrected chi connectivity index (χ0v) is 9.46. The van der Waals surface area contributed by atoms with E-state index < -0.39 is 0 Å².